The van der Waals surface area contributed by atoms with Crippen molar-refractivity contribution in [3.8, 4) is 0 Å². The summed E-state index contributed by atoms with van der Waals surface area (Å²) in [5, 5.41) is 2.90. The standard InChI is InChI=1S/C15H25N3O/c1-3-12-18(2)14-8-6-13(7-9-14)15(19)17-11-5-4-10-16/h6-9H,3-5,10-12,16H2,1-2H3,(H,17,19). The van der Waals surface area contributed by atoms with Crippen LogP contribution in [0.4, 0.5) is 5.69 Å². The Bertz CT molecular complexity index is 375. The Balaban J connectivity index is 2.48. The summed E-state index contributed by atoms with van der Waals surface area (Å²) < 4.78 is 0. The van der Waals surface area contributed by atoms with Gasteiger partial charge < -0.3 is 16.0 Å². The van der Waals surface area contributed by atoms with Gasteiger partial charge in [-0.2, -0.15) is 0 Å². The molecule has 0 radical (unpaired) electrons. The minimum absolute atomic E-state index is 0.0123. The first-order chi connectivity index (χ1) is 9.19. The van der Waals surface area contributed by atoms with Crippen molar-refractivity contribution in [1.29, 1.82) is 0 Å². The smallest absolute Gasteiger partial charge is 0.251 e. The first-order valence-corrected chi connectivity index (χ1v) is 6.98. The average Bonchev–Trinajstić information content (AvgIpc) is 2.44. The molecule has 0 saturated heterocycles. The summed E-state index contributed by atoms with van der Waals surface area (Å²) in [5.74, 6) is -0.0123. The molecule has 0 bridgehead atoms. The summed E-state index contributed by atoms with van der Waals surface area (Å²) in [4.78, 5) is 14.0. The fourth-order valence-electron chi connectivity index (χ4n) is 1.91. The highest BCUT2D eigenvalue weighted by Gasteiger charge is 2.05. The number of anilines is 1. The summed E-state index contributed by atoms with van der Waals surface area (Å²) in [5.41, 5.74) is 7.26. The van der Waals surface area contributed by atoms with Crippen LogP contribution in [0.2, 0.25) is 0 Å². The number of amides is 1. The number of benzene rings is 1. The van der Waals surface area contributed by atoms with Crippen LogP contribution in [0, 0.1) is 0 Å². The van der Waals surface area contributed by atoms with E-state index in [0.29, 0.717) is 18.7 Å². The summed E-state index contributed by atoms with van der Waals surface area (Å²) in [7, 11) is 2.06. The van der Waals surface area contributed by atoms with Crippen molar-refractivity contribution in [3.05, 3.63) is 29.8 Å². The highest BCUT2D eigenvalue weighted by Crippen LogP contribution is 2.14. The van der Waals surface area contributed by atoms with Gasteiger partial charge in [0.1, 0.15) is 0 Å². The average molecular weight is 263 g/mol. The lowest BCUT2D eigenvalue weighted by atomic mass is 10.2. The van der Waals surface area contributed by atoms with Crippen LogP contribution >= 0.6 is 0 Å². The van der Waals surface area contributed by atoms with Crippen molar-refractivity contribution in [2.75, 3.05) is 31.6 Å². The first kappa shape index (κ1) is 15.5. The second-order valence-corrected chi connectivity index (χ2v) is 4.72. The maximum absolute atomic E-state index is 11.9. The van der Waals surface area contributed by atoms with Crippen molar-refractivity contribution < 1.29 is 4.79 Å². The largest absolute Gasteiger partial charge is 0.375 e. The summed E-state index contributed by atoms with van der Waals surface area (Å²) >= 11 is 0. The van der Waals surface area contributed by atoms with Crippen LogP contribution in [-0.4, -0.2) is 32.6 Å². The molecular formula is C15H25N3O. The molecule has 0 aliphatic rings. The monoisotopic (exact) mass is 263 g/mol. The molecule has 3 N–H and O–H groups in total. The molecule has 1 rings (SSSR count). The normalized spacial score (nSPS) is 10.3. The van der Waals surface area contributed by atoms with E-state index in [0.717, 1.165) is 31.5 Å². The number of hydrogen-bond acceptors (Lipinski definition) is 3. The third kappa shape index (κ3) is 5.30. The van der Waals surface area contributed by atoms with Gasteiger partial charge in [0.25, 0.3) is 5.91 Å². The van der Waals surface area contributed by atoms with Crippen LogP contribution in [0.25, 0.3) is 0 Å². The molecule has 0 unspecified atom stereocenters. The lowest BCUT2D eigenvalue weighted by molar-refractivity contribution is 0.0953. The van der Waals surface area contributed by atoms with Crippen molar-refractivity contribution in [1.82, 2.24) is 5.32 Å². The third-order valence-corrected chi connectivity index (χ3v) is 3.05. The lowest BCUT2D eigenvalue weighted by Crippen LogP contribution is -2.25. The van der Waals surface area contributed by atoms with Crippen LogP contribution in [-0.2, 0) is 0 Å². The molecule has 0 saturated carbocycles. The zero-order chi connectivity index (χ0) is 14.1. The molecule has 19 heavy (non-hydrogen) atoms. The molecule has 0 aliphatic heterocycles. The van der Waals surface area contributed by atoms with E-state index in [9.17, 15) is 4.79 Å². The predicted molar refractivity (Wildman–Crippen MR) is 80.6 cm³/mol. The van der Waals surface area contributed by atoms with Crippen LogP contribution in [0.1, 0.15) is 36.5 Å². The summed E-state index contributed by atoms with van der Waals surface area (Å²) in [6.45, 7) is 4.53. The number of nitrogens with zero attached hydrogens (tertiary/aromatic N) is 1. The topological polar surface area (TPSA) is 58.4 Å². The highest BCUT2D eigenvalue weighted by atomic mass is 16.1. The second-order valence-electron chi connectivity index (χ2n) is 4.72. The zero-order valence-corrected chi connectivity index (χ0v) is 12.0. The Hall–Kier alpha value is -1.55. The van der Waals surface area contributed by atoms with Crippen molar-refractivity contribution in [2.45, 2.75) is 26.2 Å². The molecule has 1 aromatic carbocycles. The van der Waals surface area contributed by atoms with E-state index >= 15 is 0 Å². The molecule has 0 heterocycles. The maximum atomic E-state index is 11.9. The molecule has 0 fully saturated rings. The van der Waals surface area contributed by atoms with E-state index in [-0.39, 0.29) is 5.91 Å². The van der Waals surface area contributed by atoms with Crippen LogP contribution in [0.3, 0.4) is 0 Å². The van der Waals surface area contributed by atoms with Crippen LogP contribution in [0.5, 0.6) is 0 Å². The number of nitrogens with one attached hydrogen (secondary N) is 1. The first-order valence-electron chi connectivity index (χ1n) is 6.98. The van der Waals surface area contributed by atoms with Gasteiger partial charge in [0.05, 0.1) is 0 Å². The molecule has 0 aromatic heterocycles. The Kier molecular flexibility index (Phi) is 6.97. The van der Waals surface area contributed by atoms with Gasteiger partial charge in [-0.1, -0.05) is 6.92 Å². The van der Waals surface area contributed by atoms with Gasteiger partial charge >= 0.3 is 0 Å². The van der Waals surface area contributed by atoms with E-state index in [4.69, 9.17) is 5.73 Å². The van der Waals surface area contributed by atoms with Gasteiger partial charge in [-0.15, -0.1) is 0 Å². The molecule has 4 heteroatoms. The van der Waals surface area contributed by atoms with Crippen molar-refractivity contribution in [2.24, 2.45) is 5.73 Å². The number of rotatable bonds is 8. The number of nitrogens with two attached hydrogens (primary N) is 1. The molecule has 1 aromatic rings. The highest BCUT2D eigenvalue weighted by molar-refractivity contribution is 5.94. The molecule has 106 valence electrons. The SMILES string of the molecule is CCCN(C)c1ccc(C(=O)NCCCCN)cc1. The lowest BCUT2D eigenvalue weighted by Gasteiger charge is -2.18. The van der Waals surface area contributed by atoms with Crippen molar-refractivity contribution in [3.63, 3.8) is 0 Å². The number of hydrogen-bond donors (Lipinski definition) is 2. The molecule has 0 atom stereocenters. The van der Waals surface area contributed by atoms with Crippen molar-refractivity contribution >= 4 is 11.6 Å². The molecule has 4 nitrogen and oxygen atoms in total. The van der Waals surface area contributed by atoms with E-state index in [1.165, 1.54) is 0 Å². The zero-order valence-electron chi connectivity index (χ0n) is 12.0. The summed E-state index contributed by atoms with van der Waals surface area (Å²) in [6, 6.07) is 7.73. The minimum Gasteiger partial charge on any atom is -0.375 e. The fourth-order valence-corrected chi connectivity index (χ4v) is 1.91. The number of carbonyl (C=O) groups excluding carboxylic acids is 1. The van der Waals surface area contributed by atoms with Gasteiger partial charge in [-0.25, -0.2) is 0 Å². The Morgan fingerprint density at radius 3 is 2.53 bits per heavy atom. The summed E-state index contributed by atoms with van der Waals surface area (Å²) in [6.07, 6.45) is 2.99. The number of unbranched alkanes of at least 4 members (excludes halogenated alkanes) is 1. The minimum atomic E-state index is -0.0123. The van der Waals surface area contributed by atoms with Gasteiger partial charge in [0.15, 0.2) is 0 Å². The molecule has 0 aliphatic carbocycles. The van der Waals surface area contributed by atoms with Gasteiger partial charge in [-0.05, 0) is 50.1 Å². The molecule has 1 amide bonds. The predicted octanol–water partition coefficient (Wildman–Crippen LogP) is 2.00. The Morgan fingerprint density at radius 1 is 1.26 bits per heavy atom. The van der Waals surface area contributed by atoms with E-state index < -0.39 is 0 Å². The second kappa shape index (κ2) is 8.53. The molecule has 0 spiro atoms. The quantitative estimate of drug-likeness (QED) is 0.705. The van der Waals surface area contributed by atoms with E-state index in [1.807, 2.05) is 24.3 Å². The number of carbonyl (C=O) groups is 1. The van der Waals surface area contributed by atoms with Crippen LogP contribution < -0.4 is 16.0 Å². The van der Waals surface area contributed by atoms with Gasteiger partial charge in [0, 0.05) is 31.4 Å². The van der Waals surface area contributed by atoms with E-state index in [2.05, 4.69) is 24.2 Å². The van der Waals surface area contributed by atoms with Gasteiger partial charge in [-0.3, -0.25) is 4.79 Å². The van der Waals surface area contributed by atoms with E-state index in [1.54, 1.807) is 0 Å². The Morgan fingerprint density at radius 2 is 1.95 bits per heavy atom. The molecular weight excluding hydrogens is 238 g/mol. The van der Waals surface area contributed by atoms with Crippen LogP contribution in [0.15, 0.2) is 24.3 Å². The van der Waals surface area contributed by atoms with Gasteiger partial charge in [0.2, 0.25) is 0 Å². The fraction of sp³-hybridized carbons (Fsp3) is 0.533. The third-order valence-electron chi connectivity index (χ3n) is 3.05. The maximum Gasteiger partial charge on any atom is 0.251 e. The Labute approximate surface area is 116 Å².